The number of aromatic nitrogens is 5. The van der Waals surface area contributed by atoms with Gasteiger partial charge in [-0.3, -0.25) is 9.36 Å². The number of anilines is 1. The van der Waals surface area contributed by atoms with Crippen LogP contribution in [0, 0.1) is 5.82 Å². The van der Waals surface area contributed by atoms with Crippen molar-refractivity contribution in [1.29, 1.82) is 0 Å². The molecule has 3 aliphatic rings. The van der Waals surface area contributed by atoms with Crippen LogP contribution in [0.5, 0.6) is 5.75 Å². The molecule has 244 valence electrons. The van der Waals surface area contributed by atoms with E-state index in [-0.39, 0.29) is 11.5 Å². The van der Waals surface area contributed by atoms with Crippen LogP contribution in [0.1, 0.15) is 63.7 Å². The molecule has 8 bridgehead atoms. The van der Waals surface area contributed by atoms with E-state index in [1.165, 1.54) is 11.6 Å². The van der Waals surface area contributed by atoms with Gasteiger partial charge in [0.25, 0.3) is 0 Å². The van der Waals surface area contributed by atoms with Gasteiger partial charge in [-0.15, -0.1) is 23.5 Å². The molecule has 47 heavy (non-hydrogen) atoms. The normalized spacial score (nSPS) is 16.6. The highest BCUT2D eigenvalue weighted by molar-refractivity contribution is 7.98. The number of aryl methyl sites for hydroxylation is 5. The fourth-order valence-electron chi connectivity index (χ4n) is 7.49. The highest BCUT2D eigenvalue weighted by Crippen LogP contribution is 2.43. The second kappa shape index (κ2) is 12.3. The van der Waals surface area contributed by atoms with Crippen LogP contribution in [0.4, 0.5) is 10.1 Å². The van der Waals surface area contributed by atoms with Crippen molar-refractivity contribution in [2.45, 2.75) is 67.2 Å². The maximum atomic E-state index is 16.1. The molecule has 0 atom stereocenters. The van der Waals surface area contributed by atoms with Gasteiger partial charge in [0.2, 0.25) is 0 Å². The van der Waals surface area contributed by atoms with Crippen LogP contribution < -0.4 is 10.1 Å². The molecule has 0 saturated heterocycles. The molecule has 3 aliphatic heterocycles. The summed E-state index contributed by atoms with van der Waals surface area (Å²) in [6, 6.07) is 9.80. The number of carboxylic acids is 1. The van der Waals surface area contributed by atoms with Crippen LogP contribution in [0.3, 0.4) is 0 Å². The molecule has 0 radical (unpaired) electrons. The Bertz CT molecular complexity index is 2050. The van der Waals surface area contributed by atoms with Crippen LogP contribution in [0.2, 0.25) is 0 Å². The zero-order chi connectivity index (χ0) is 32.2. The summed E-state index contributed by atoms with van der Waals surface area (Å²) in [7, 11) is 3.74. The molecule has 12 heteroatoms. The minimum absolute atomic E-state index is 0.192. The van der Waals surface area contributed by atoms with E-state index in [0.29, 0.717) is 47.6 Å². The molecule has 5 aromatic rings. The van der Waals surface area contributed by atoms with Crippen LogP contribution in [0.15, 0.2) is 35.2 Å². The van der Waals surface area contributed by atoms with Crippen molar-refractivity contribution in [2.75, 3.05) is 18.5 Å². The van der Waals surface area contributed by atoms with Crippen molar-refractivity contribution in [1.82, 2.24) is 24.1 Å². The molecule has 2 N–H and O–H groups in total. The lowest BCUT2D eigenvalue weighted by molar-refractivity contribution is 0.0685. The van der Waals surface area contributed by atoms with Crippen LogP contribution in [-0.2, 0) is 57.2 Å². The number of benzene rings is 2. The summed E-state index contributed by atoms with van der Waals surface area (Å²) in [5.41, 5.74) is 9.09. The predicted molar refractivity (Wildman–Crippen MR) is 184 cm³/mol. The molecule has 3 aromatic heterocycles. The third kappa shape index (κ3) is 5.39. The Morgan fingerprint density at radius 2 is 1.91 bits per heavy atom. The summed E-state index contributed by atoms with van der Waals surface area (Å²) in [6.07, 6.45) is 4.94. The Kier molecular flexibility index (Phi) is 7.95. The summed E-state index contributed by atoms with van der Waals surface area (Å²) >= 11 is 3.50. The highest BCUT2D eigenvalue weighted by atomic mass is 32.2. The Morgan fingerprint density at radius 1 is 1.02 bits per heavy atom. The zero-order valence-corrected chi connectivity index (χ0v) is 28.2. The summed E-state index contributed by atoms with van der Waals surface area (Å²) in [5.74, 6) is 1.54. The molecule has 0 aliphatic carbocycles. The first-order chi connectivity index (χ1) is 22.9. The highest BCUT2D eigenvalue weighted by Gasteiger charge is 2.30. The number of hydrogen-bond donors (Lipinski definition) is 2. The van der Waals surface area contributed by atoms with Crippen molar-refractivity contribution in [3.63, 3.8) is 0 Å². The summed E-state index contributed by atoms with van der Waals surface area (Å²) in [5, 5.41) is 24.5. The number of ether oxygens (including phenoxy) is 1. The fourth-order valence-corrected chi connectivity index (χ4v) is 9.34. The van der Waals surface area contributed by atoms with Crippen LogP contribution in [0.25, 0.3) is 22.0 Å². The van der Waals surface area contributed by atoms with E-state index in [2.05, 4.69) is 23.5 Å². The molecule has 0 unspecified atom stereocenters. The molecule has 2 aromatic carbocycles. The van der Waals surface area contributed by atoms with E-state index in [1.54, 1.807) is 41.2 Å². The third-order valence-electron chi connectivity index (χ3n) is 9.59. The van der Waals surface area contributed by atoms with Gasteiger partial charge >= 0.3 is 5.97 Å². The van der Waals surface area contributed by atoms with Gasteiger partial charge in [0.15, 0.2) is 0 Å². The van der Waals surface area contributed by atoms with Gasteiger partial charge in [0.1, 0.15) is 17.3 Å². The number of aromatic carboxylic acids is 1. The first-order valence-electron chi connectivity index (χ1n) is 16.2. The molecule has 6 heterocycles. The summed E-state index contributed by atoms with van der Waals surface area (Å²) < 4.78 is 28.2. The topological polar surface area (TPSA) is 99.1 Å². The van der Waals surface area contributed by atoms with Gasteiger partial charge in [0.05, 0.1) is 29.2 Å². The van der Waals surface area contributed by atoms with Gasteiger partial charge in [0, 0.05) is 77.2 Å². The van der Waals surface area contributed by atoms with Gasteiger partial charge in [-0.25, -0.2) is 9.18 Å². The maximum absolute atomic E-state index is 16.1. The lowest BCUT2D eigenvalue weighted by Crippen LogP contribution is -2.14. The Balaban J connectivity index is 1.25. The number of halogens is 1. The second-order valence-corrected chi connectivity index (χ2v) is 14.6. The van der Waals surface area contributed by atoms with Crippen molar-refractivity contribution in [2.24, 2.45) is 14.1 Å². The number of thioether (sulfide) groups is 2. The number of rotatable bonds is 1. The van der Waals surface area contributed by atoms with Gasteiger partial charge in [-0.05, 0) is 80.0 Å². The third-order valence-corrected chi connectivity index (χ3v) is 11.6. The quantitative estimate of drug-likeness (QED) is 0.197. The Labute approximate surface area is 280 Å². The number of fused-ring (bicyclic) bond motifs is 10. The van der Waals surface area contributed by atoms with Crippen molar-refractivity contribution < 1.29 is 19.0 Å². The molecule has 0 fully saturated rings. The largest absolute Gasteiger partial charge is 0.491 e. The smallest absolute Gasteiger partial charge is 0.352 e. The van der Waals surface area contributed by atoms with E-state index < -0.39 is 5.97 Å². The van der Waals surface area contributed by atoms with Gasteiger partial charge in [-0.1, -0.05) is 0 Å². The molecule has 0 amide bonds. The van der Waals surface area contributed by atoms with Crippen molar-refractivity contribution in [3.05, 3.63) is 75.7 Å². The van der Waals surface area contributed by atoms with Gasteiger partial charge < -0.3 is 19.7 Å². The van der Waals surface area contributed by atoms with Crippen molar-refractivity contribution >= 4 is 46.1 Å². The second-order valence-electron chi connectivity index (χ2n) is 12.6. The Hall–Kier alpha value is -3.90. The van der Waals surface area contributed by atoms with E-state index >= 15 is 4.39 Å². The molecular formula is C35H37FN6O3S2. The van der Waals surface area contributed by atoms with E-state index in [9.17, 15) is 9.90 Å². The van der Waals surface area contributed by atoms with E-state index in [0.717, 1.165) is 94.6 Å². The number of hydrogen-bond acceptors (Lipinski definition) is 7. The molecule has 0 spiro atoms. The predicted octanol–water partition coefficient (Wildman–Crippen LogP) is 6.97. The molecule has 9 nitrogen and oxygen atoms in total. The molecular weight excluding hydrogens is 636 g/mol. The number of carboxylic acid groups (broad SMARTS) is 1. The molecule has 8 rings (SSSR count). The lowest BCUT2D eigenvalue weighted by atomic mass is 9.97. The SMILES string of the molecule is Cn1nc2cc1CSc1cc3c(c(c1)OCCCc1c(C(=O)O)n(C)c4c(c(F)ccc14)-c1c(nn4c1CCC4)CSC2)NCCC3. The molecule has 0 saturated carbocycles. The monoisotopic (exact) mass is 672 g/mol. The summed E-state index contributed by atoms with van der Waals surface area (Å²) in [6.45, 7) is 2.13. The lowest BCUT2D eigenvalue weighted by Gasteiger charge is -2.22. The van der Waals surface area contributed by atoms with Crippen molar-refractivity contribution in [3.8, 4) is 16.9 Å². The van der Waals surface area contributed by atoms with E-state index in [1.807, 2.05) is 16.4 Å². The minimum atomic E-state index is -1.02. The zero-order valence-electron chi connectivity index (χ0n) is 26.6. The number of nitrogens with one attached hydrogen (secondary N) is 1. The Morgan fingerprint density at radius 3 is 2.79 bits per heavy atom. The number of nitrogens with zero attached hydrogens (tertiary/aromatic N) is 5. The first kappa shape index (κ1) is 30.4. The first-order valence-corrected chi connectivity index (χ1v) is 18.4. The standard InChI is InChI=1S/C35H37FN6O3S2/c1-40-33-25-9-10-26(36)30(33)31-27(39-42-12-4-8-28(31)42)19-46-17-21-15-22(41(2)38-21)18-47-23-14-20-6-3-11-37-32(20)29(16-23)45-13-5-7-24(25)34(40)35(43)44/h9-10,14-16,37H,3-8,11-13,17-19H2,1-2H3,(H,43,44). The van der Waals surface area contributed by atoms with E-state index in [4.69, 9.17) is 14.9 Å². The number of carbonyl (C=O) groups is 1. The van der Waals surface area contributed by atoms with Crippen LogP contribution in [-0.4, -0.2) is 48.4 Å². The average molecular weight is 673 g/mol. The summed E-state index contributed by atoms with van der Waals surface area (Å²) in [4.78, 5) is 13.9. The minimum Gasteiger partial charge on any atom is -0.491 e. The van der Waals surface area contributed by atoms with Crippen LogP contribution >= 0.6 is 23.5 Å². The van der Waals surface area contributed by atoms with Gasteiger partial charge in [-0.2, -0.15) is 10.2 Å². The fraction of sp³-hybridized carbons (Fsp3) is 0.400. The maximum Gasteiger partial charge on any atom is 0.352 e. The average Bonchev–Trinajstić information content (AvgIpc) is 3.80.